The smallest absolute Gasteiger partial charge is 0.304 e. The van der Waals surface area contributed by atoms with Gasteiger partial charge in [0, 0.05) is 43.4 Å². The molecular formula is C21H23ClN4O2. The number of rotatable bonds is 3. The first kappa shape index (κ1) is 18.9. The van der Waals surface area contributed by atoms with Crippen molar-refractivity contribution < 1.29 is 0 Å². The Hall–Kier alpha value is -2.44. The monoisotopic (exact) mass is 398 g/mol. The zero-order valence-electron chi connectivity index (χ0n) is 16.1. The summed E-state index contributed by atoms with van der Waals surface area (Å²) < 4.78 is 3.02. The number of nitrogens with zero attached hydrogens (tertiary/aromatic N) is 4. The van der Waals surface area contributed by atoms with Gasteiger partial charge in [-0.3, -0.25) is 19.1 Å². The van der Waals surface area contributed by atoms with Gasteiger partial charge in [0.2, 0.25) is 0 Å². The zero-order valence-corrected chi connectivity index (χ0v) is 16.8. The molecule has 1 saturated heterocycles. The number of pyridine rings is 1. The molecule has 1 aliphatic heterocycles. The van der Waals surface area contributed by atoms with E-state index in [4.69, 9.17) is 11.6 Å². The molecular weight excluding hydrogens is 376 g/mol. The average Bonchev–Trinajstić information content (AvgIpc) is 2.68. The maximum absolute atomic E-state index is 12.8. The van der Waals surface area contributed by atoms with E-state index < -0.39 is 11.1 Å². The Labute approximate surface area is 168 Å². The van der Waals surface area contributed by atoms with Crippen LogP contribution >= 0.6 is 11.6 Å². The molecule has 0 N–H and O–H groups in total. The molecule has 0 spiro atoms. The minimum absolute atomic E-state index is 0.0196. The molecule has 7 heteroatoms. The van der Waals surface area contributed by atoms with Crippen LogP contribution in [0.5, 0.6) is 0 Å². The largest absolute Gasteiger partial charge is 0.318 e. The SMILES string of the molecule is Cc1ccc2c(n1)n(C1CCN(Cc3cccc(Cl)c3)CC1)c(=O)c(=O)n2C. The van der Waals surface area contributed by atoms with E-state index in [1.807, 2.05) is 37.3 Å². The third-order valence-electron chi connectivity index (χ3n) is 5.51. The molecule has 0 aliphatic carbocycles. The van der Waals surface area contributed by atoms with Crippen molar-refractivity contribution in [2.45, 2.75) is 32.4 Å². The summed E-state index contributed by atoms with van der Waals surface area (Å²) in [5.74, 6) is 0. The molecule has 0 amide bonds. The lowest BCUT2D eigenvalue weighted by atomic mass is 10.0. The van der Waals surface area contributed by atoms with Crippen LogP contribution < -0.4 is 11.1 Å². The van der Waals surface area contributed by atoms with Crippen molar-refractivity contribution in [2.75, 3.05) is 13.1 Å². The summed E-state index contributed by atoms with van der Waals surface area (Å²) in [5.41, 5.74) is 2.31. The Morgan fingerprint density at radius 1 is 1.11 bits per heavy atom. The van der Waals surface area contributed by atoms with Gasteiger partial charge in [-0.05, 0) is 49.6 Å². The highest BCUT2D eigenvalue weighted by atomic mass is 35.5. The number of hydrogen-bond donors (Lipinski definition) is 0. The Morgan fingerprint density at radius 2 is 1.86 bits per heavy atom. The molecule has 3 aromatic rings. The highest BCUT2D eigenvalue weighted by Gasteiger charge is 2.25. The number of hydrogen-bond acceptors (Lipinski definition) is 4. The van der Waals surface area contributed by atoms with Crippen LogP contribution in [0.15, 0.2) is 46.0 Å². The van der Waals surface area contributed by atoms with Gasteiger partial charge >= 0.3 is 11.1 Å². The quantitative estimate of drug-likeness (QED) is 0.636. The van der Waals surface area contributed by atoms with E-state index >= 15 is 0 Å². The Balaban J connectivity index is 1.61. The van der Waals surface area contributed by atoms with Crippen molar-refractivity contribution >= 4 is 22.8 Å². The third kappa shape index (κ3) is 3.50. The van der Waals surface area contributed by atoms with E-state index in [0.717, 1.165) is 43.2 Å². The van der Waals surface area contributed by atoms with Crippen molar-refractivity contribution in [3.8, 4) is 0 Å². The molecule has 2 aromatic heterocycles. The molecule has 0 radical (unpaired) electrons. The summed E-state index contributed by atoms with van der Waals surface area (Å²) in [6.07, 6.45) is 1.61. The van der Waals surface area contributed by atoms with E-state index in [1.54, 1.807) is 11.6 Å². The van der Waals surface area contributed by atoms with Crippen molar-refractivity contribution in [3.05, 3.63) is 73.4 Å². The van der Waals surface area contributed by atoms with Gasteiger partial charge < -0.3 is 4.57 Å². The maximum atomic E-state index is 12.8. The Kier molecular flexibility index (Phi) is 5.08. The summed E-state index contributed by atoms with van der Waals surface area (Å²) in [6, 6.07) is 11.6. The first-order chi connectivity index (χ1) is 13.4. The number of aromatic nitrogens is 3. The number of halogens is 1. The molecule has 0 atom stereocenters. The normalized spacial score (nSPS) is 16.0. The van der Waals surface area contributed by atoms with Gasteiger partial charge in [0.15, 0.2) is 5.65 Å². The number of piperidine rings is 1. The van der Waals surface area contributed by atoms with Crippen LogP contribution in [0.1, 0.15) is 30.1 Å². The van der Waals surface area contributed by atoms with E-state index in [0.29, 0.717) is 11.2 Å². The van der Waals surface area contributed by atoms with E-state index in [2.05, 4.69) is 16.0 Å². The Bertz CT molecular complexity index is 1140. The fourth-order valence-electron chi connectivity index (χ4n) is 3.99. The minimum atomic E-state index is -0.500. The Morgan fingerprint density at radius 3 is 2.57 bits per heavy atom. The molecule has 6 nitrogen and oxygen atoms in total. The van der Waals surface area contributed by atoms with Crippen molar-refractivity contribution in [2.24, 2.45) is 7.05 Å². The van der Waals surface area contributed by atoms with E-state index in [1.165, 1.54) is 10.1 Å². The molecule has 1 fully saturated rings. The van der Waals surface area contributed by atoms with Crippen LogP contribution in [-0.4, -0.2) is 32.1 Å². The van der Waals surface area contributed by atoms with Gasteiger partial charge in [-0.2, -0.15) is 0 Å². The van der Waals surface area contributed by atoms with Gasteiger partial charge in [0.25, 0.3) is 0 Å². The second kappa shape index (κ2) is 7.53. The summed E-state index contributed by atoms with van der Waals surface area (Å²) in [4.78, 5) is 32.2. The summed E-state index contributed by atoms with van der Waals surface area (Å²) in [6.45, 7) is 4.43. The van der Waals surface area contributed by atoms with Gasteiger partial charge in [0.1, 0.15) is 0 Å². The predicted octanol–water partition coefficient (Wildman–Crippen LogP) is 2.89. The van der Waals surface area contributed by atoms with Crippen LogP contribution in [0.25, 0.3) is 11.2 Å². The van der Waals surface area contributed by atoms with Gasteiger partial charge in [0.05, 0.1) is 5.52 Å². The minimum Gasteiger partial charge on any atom is -0.304 e. The molecule has 3 heterocycles. The fourth-order valence-corrected chi connectivity index (χ4v) is 4.21. The third-order valence-corrected chi connectivity index (χ3v) is 5.74. The lowest BCUT2D eigenvalue weighted by molar-refractivity contribution is 0.179. The second-order valence-corrected chi connectivity index (χ2v) is 7.91. The molecule has 146 valence electrons. The number of fused-ring (bicyclic) bond motifs is 1. The van der Waals surface area contributed by atoms with Gasteiger partial charge in [-0.25, -0.2) is 4.98 Å². The second-order valence-electron chi connectivity index (χ2n) is 7.47. The highest BCUT2D eigenvalue weighted by molar-refractivity contribution is 6.30. The highest BCUT2D eigenvalue weighted by Crippen LogP contribution is 2.25. The molecule has 1 aliphatic rings. The molecule has 0 unspecified atom stereocenters. The van der Waals surface area contributed by atoms with Crippen molar-refractivity contribution in [3.63, 3.8) is 0 Å². The van der Waals surface area contributed by atoms with Gasteiger partial charge in [-0.15, -0.1) is 0 Å². The van der Waals surface area contributed by atoms with Crippen LogP contribution in [0, 0.1) is 6.92 Å². The van der Waals surface area contributed by atoms with Crippen LogP contribution in [-0.2, 0) is 13.6 Å². The summed E-state index contributed by atoms with van der Waals surface area (Å²) in [7, 11) is 1.63. The number of benzene rings is 1. The number of aryl methyl sites for hydroxylation is 2. The lowest BCUT2D eigenvalue weighted by Crippen LogP contribution is -2.45. The van der Waals surface area contributed by atoms with Crippen molar-refractivity contribution in [1.82, 2.24) is 19.0 Å². The maximum Gasteiger partial charge on any atom is 0.318 e. The first-order valence-corrected chi connectivity index (χ1v) is 9.87. The van der Waals surface area contributed by atoms with Gasteiger partial charge in [-0.1, -0.05) is 23.7 Å². The van der Waals surface area contributed by atoms with E-state index in [-0.39, 0.29) is 6.04 Å². The van der Waals surface area contributed by atoms with E-state index in [9.17, 15) is 9.59 Å². The molecule has 0 bridgehead atoms. The molecule has 1 aromatic carbocycles. The van der Waals surface area contributed by atoms with Crippen LogP contribution in [0.4, 0.5) is 0 Å². The topological polar surface area (TPSA) is 60.1 Å². The average molecular weight is 399 g/mol. The molecule has 28 heavy (non-hydrogen) atoms. The van der Waals surface area contributed by atoms with Crippen molar-refractivity contribution in [1.29, 1.82) is 0 Å². The fraction of sp³-hybridized carbons (Fsp3) is 0.381. The zero-order chi connectivity index (χ0) is 19.8. The lowest BCUT2D eigenvalue weighted by Gasteiger charge is -2.33. The summed E-state index contributed by atoms with van der Waals surface area (Å²) in [5, 5.41) is 0.743. The molecule has 4 rings (SSSR count). The first-order valence-electron chi connectivity index (χ1n) is 9.50. The van der Waals surface area contributed by atoms with Crippen LogP contribution in [0.3, 0.4) is 0 Å². The van der Waals surface area contributed by atoms with Crippen LogP contribution in [0.2, 0.25) is 5.02 Å². The standard InChI is InChI=1S/C21H23ClN4O2/c1-14-6-7-18-19(23-14)26(21(28)20(27)24(18)2)17-8-10-25(11-9-17)13-15-4-3-5-16(22)12-15/h3-7,12,17H,8-11,13H2,1-2H3. The summed E-state index contributed by atoms with van der Waals surface area (Å²) >= 11 is 6.08. The molecule has 0 saturated carbocycles. The predicted molar refractivity (Wildman–Crippen MR) is 111 cm³/mol. The number of likely N-dealkylation sites (tertiary alicyclic amines) is 1.